The summed E-state index contributed by atoms with van der Waals surface area (Å²) < 4.78 is 39.1. The smallest absolute Gasteiger partial charge is 0.395 e. The average molecular weight is 330 g/mol. The molecule has 1 aromatic rings. The molecule has 0 bridgehead atoms. The van der Waals surface area contributed by atoms with E-state index < -0.39 is 11.7 Å². The number of rotatable bonds is 6. The number of benzene rings is 1. The van der Waals surface area contributed by atoms with Crippen LogP contribution in [0.4, 0.5) is 13.2 Å². The molecule has 1 saturated heterocycles. The molecule has 1 aliphatic rings. The van der Waals surface area contributed by atoms with E-state index in [-0.39, 0.29) is 6.61 Å². The van der Waals surface area contributed by atoms with Gasteiger partial charge in [0.1, 0.15) is 0 Å². The molecule has 1 aliphatic heterocycles. The number of nitrogens with zero attached hydrogens (tertiary/aromatic N) is 2. The summed E-state index contributed by atoms with van der Waals surface area (Å²) in [5, 5.41) is 8.94. The highest BCUT2D eigenvalue weighted by Crippen LogP contribution is 2.32. The van der Waals surface area contributed by atoms with E-state index in [2.05, 4.69) is 4.90 Å². The van der Waals surface area contributed by atoms with E-state index in [4.69, 9.17) is 5.11 Å². The number of hydrogen-bond acceptors (Lipinski definition) is 3. The van der Waals surface area contributed by atoms with E-state index in [1.807, 2.05) is 11.9 Å². The minimum absolute atomic E-state index is 0.179. The van der Waals surface area contributed by atoms with Gasteiger partial charge in [-0.15, -0.1) is 0 Å². The Labute approximate surface area is 135 Å². The van der Waals surface area contributed by atoms with Gasteiger partial charge in [0.25, 0.3) is 0 Å². The third-order valence-corrected chi connectivity index (χ3v) is 4.46. The molecule has 0 amide bonds. The molecule has 130 valence electrons. The van der Waals surface area contributed by atoms with Crippen LogP contribution in [0.3, 0.4) is 0 Å². The van der Waals surface area contributed by atoms with Crippen LogP contribution in [0.25, 0.3) is 0 Å². The number of halogens is 3. The van der Waals surface area contributed by atoms with Gasteiger partial charge in [0.2, 0.25) is 0 Å². The zero-order chi connectivity index (χ0) is 16.9. The van der Waals surface area contributed by atoms with Gasteiger partial charge in [0.05, 0.1) is 12.2 Å². The molecule has 3 nitrogen and oxygen atoms in total. The first-order valence-electron chi connectivity index (χ1n) is 8.07. The first-order chi connectivity index (χ1) is 10.9. The Balaban J connectivity index is 1.88. The monoisotopic (exact) mass is 330 g/mol. The predicted octanol–water partition coefficient (Wildman–Crippen LogP) is 2.84. The van der Waals surface area contributed by atoms with Crippen molar-refractivity contribution in [3.63, 3.8) is 0 Å². The van der Waals surface area contributed by atoms with Gasteiger partial charge in [0, 0.05) is 19.6 Å². The van der Waals surface area contributed by atoms with Crippen molar-refractivity contribution in [2.45, 2.75) is 25.6 Å². The SMILES string of the molecule is CN(Cc1ccccc1C(F)(F)F)CC1CCN(CCO)CC1. The molecule has 0 atom stereocenters. The lowest BCUT2D eigenvalue weighted by molar-refractivity contribution is -0.138. The Morgan fingerprint density at radius 2 is 1.87 bits per heavy atom. The van der Waals surface area contributed by atoms with Gasteiger partial charge in [-0.25, -0.2) is 0 Å². The van der Waals surface area contributed by atoms with Crippen molar-refractivity contribution in [2.75, 3.05) is 39.8 Å². The minimum atomic E-state index is -4.30. The van der Waals surface area contributed by atoms with Crippen LogP contribution in [0.15, 0.2) is 24.3 Å². The van der Waals surface area contributed by atoms with Gasteiger partial charge in [-0.05, 0) is 50.5 Å². The van der Waals surface area contributed by atoms with Gasteiger partial charge in [-0.1, -0.05) is 18.2 Å². The Bertz CT molecular complexity index is 485. The fourth-order valence-corrected chi connectivity index (χ4v) is 3.26. The van der Waals surface area contributed by atoms with Crippen LogP contribution in [0.1, 0.15) is 24.0 Å². The zero-order valence-corrected chi connectivity index (χ0v) is 13.5. The van der Waals surface area contributed by atoms with Gasteiger partial charge in [-0.3, -0.25) is 0 Å². The third kappa shape index (κ3) is 5.48. The number of piperidine rings is 1. The predicted molar refractivity (Wildman–Crippen MR) is 84.0 cm³/mol. The summed E-state index contributed by atoms with van der Waals surface area (Å²) in [4.78, 5) is 4.21. The first kappa shape index (κ1) is 18.2. The zero-order valence-electron chi connectivity index (χ0n) is 13.5. The first-order valence-corrected chi connectivity index (χ1v) is 8.07. The molecule has 0 saturated carbocycles. The summed E-state index contributed by atoms with van der Waals surface area (Å²) in [5.41, 5.74) is -0.204. The molecule has 1 heterocycles. The van der Waals surface area contributed by atoms with Crippen LogP contribution < -0.4 is 0 Å². The average Bonchev–Trinajstić information content (AvgIpc) is 2.49. The highest BCUT2D eigenvalue weighted by molar-refractivity contribution is 5.29. The lowest BCUT2D eigenvalue weighted by Gasteiger charge is -2.33. The van der Waals surface area contributed by atoms with E-state index >= 15 is 0 Å². The summed E-state index contributed by atoms with van der Waals surface area (Å²) in [6, 6.07) is 5.80. The van der Waals surface area contributed by atoms with Crippen molar-refractivity contribution in [3.8, 4) is 0 Å². The Morgan fingerprint density at radius 3 is 2.48 bits per heavy atom. The van der Waals surface area contributed by atoms with Crippen LogP contribution >= 0.6 is 0 Å². The minimum Gasteiger partial charge on any atom is -0.395 e. The maximum atomic E-state index is 13.0. The molecule has 1 fully saturated rings. The second-order valence-electron chi connectivity index (χ2n) is 6.36. The van der Waals surface area contributed by atoms with E-state index in [1.165, 1.54) is 6.07 Å². The second-order valence-corrected chi connectivity index (χ2v) is 6.36. The number of alkyl halides is 3. The summed E-state index contributed by atoms with van der Waals surface area (Å²) >= 11 is 0. The van der Waals surface area contributed by atoms with Crippen molar-refractivity contribution in [2.24, 2.45) is 5.92 Å². The van der Waals surface area contributed by atoms with Crippen LogP contribution in [-0.2, 0) is 12.7 Å². The topological polar surface area (TPSA) is 26.7 Å². The standard InChI is InChI=1S/C17H25F3N2O/c1-21(12-14-6-8-22(9-7-14)10-11-23)13-15-4-2-3-5-16(15)17(18,19)20/h2-5,14,23H,6-13H2,1H3. The summed E-state index contributed by atoms with van der Waals surface area (Å²) in [6.45, 7) is 3.92. The van der Waals surface area contributed by atoms with Gasteiger partial charge >= 0.3 is 6.18 Å². The molecular weight excluding hydrogens is 305 g/mol. The summed E-state index contributed by atoms with van der Waals surface area (Å²) in [5.74, 6) is 0.507. The van der Waals surface area contributed by atoms with Gasteiger partial charge in [-0.2, -0.15) is 13.2 Å². The van der Waals surface area contributed by atoms with Crippen LogP contribution in [0.2, 0.25) is 0 Å². The largest absolute Gasteiger partial charge is 0.416 e. The molecule has 6 heteroatoms. The van der Waals surface area contributed by atoms with E-state index in [0.29, 0.717) is 24.6 Å². The number of aliphatic hydroxyl groups excluding tert-OH is 1. The van der Waals surface area contributed by atoms with Crippen molar-refractivity contribution in [3.05, 3.63) is 35.4 Å². The maximum Gasteiger partial charge on any atom is 0.416 e. The highest BCUT2D eigenvalue weighted by atomic mass is 19.4. The van der Waals surface area contributed by atoms with Crippen LogP contribution in [-0.4, -0.2) is 54.7 Å². The van der Waals surface area contributed by atoms with Gasteiger partial charge in [0.15, 0.2) is 0 Å². The molecule has 0 unspecified atom stereocenters. The summed E-state index contributed by atoms with van der Waals surface area (Å²) in [6.07, 6.45) is -2.23. The molecule has 0 spiro atoms. The fourth-order valence-electron chi connectivity index (χ4n) is 3.26. The van der Waals surface area contributed by atoms with Crippen LogP contribution in [0, 0.1) is 5.92 Å². The number of β-amino-alcohol motifs (C(OH)–C–C–N with tert-alkyl or cyclic N) is 1. The van der Waals surface area contributed by atoms with E-state index in [0.717, 1.165) is 38.5 Å². The van der Waals surface area contributed by atoms with Crippen molar-refractivity contribution in [1.29, 1.82) is 0 Å². The third-order valence-electron chi connectivity index (χ3n) is 4.46. The molecule has 0 aromatic heterocycles. The number of likely N-dealkylation sites (tertiary alicyclic amines) is 1. The lowest BCUT2D eigenvalue weighted by Crippen LogP contribution is -2.39. The van der Waals surface area contributed by atoms with Crippen molar-refractivity contribution < 1.29 is 18.3 Å². The lowest BCUT2D eigenvalue weighted by atomic mass is 9.96. The van der Waals surface area contributed by atoms with E-state index in [9.17, 15) is 13.2 Å². The highest BCUT2D eigenvalue weighted by Gasteiger charge is 2.33. The van der Waals surface area contributed by atoms with Gasteiger partial charge < -0.3 is 14.9 Å². The number of hydrogen-bond donors (Lipinski definition) is 1. The van der Waals surface area contributed by atoms with Crippen molar-refractivity contribution >= 4 is 0 Å². The maximum absolute atomic E-state index is 13.0. The Hall–Kier alpha value is -1.11. The summed E-state index contributed by atoms with van der Waals surface area (Å²) in [7, 11) is 1.88. The molecule has 1 N–H and O–H groups in total. The second kappa shape index (κ2) is 8.13. The molecule has 1 aromatic carbocycles. The normalized spacial score (nSPS) is 17.8. The Morgan fingerprint density at radius 1 is 1.22 bits per heavy atom. The molecular formula is C17H25F3N2O. The van der Waals surface area contributed by atoms with Crippen molar-refractivity contribution in [1.82, 2.24) is 9.80 Å². The number of aliphatic hydroxyl groups is 1. The quantitative estimate of drug-likeness (QED) is 0.869. The molecule has 0 aliphatic carbocycles. The fraction of sp³-hybridized carbons (Fsp3) is 0.647. The molecule has 2 rings (SSSR count). The van der Waals surface area contributed by atoms with E-state index in [1.54, 1.807) is 12.1 Å². The molecule has 23 heavy (non-hydrogen) atoms. The Kier molecular flexibility index (Phi) is 6.44. The molecule has 0 radical (unpaired) electrons. The van der Waals surface area contributed by atoms with Crippen LogP contribution in [0.5, 0.6) is 0 Å².